The highest BCUT2D eigenvalue weighted by Crippen LogP contribution is 2.29. The van der Waals surface area contributed by atoms with Crippen LogP contribution in [0.5, 0.6) is 11.5 Å². The van der Waals surface area contributed by atoms with Crippen molar-refractivity contribution in [1.82, 2.24) is 9.44 Å². The smallest absolute Gasteiger partial charge is 0.422 e. The van der Waals surface area contributed by atoms with Crippen LogP contribution in [0, 0.1) is 0 Å². The van der Waals surface area contributed by atoms with E-state index in [9.17, 15) is 27.6 Å². The summed E-state index contributed by atoms with van der Waals surface area (Å²) in [6.07, 6.45) is -1.55. The number of rotatable bonds is 12. The maximum Gasteiger partial charge on any atom is 0.422 e. The third-order valence-corrected chi connectivity index (χ3v) is 6.22. The second kappa shape index (κ2) is 14.6. The predicted octanol–water partition coefficient (Wildman–Crippen LogP) is 2.95. The molecule has 0 heterocycles. The predicted molar refractivity (Wildman–Crippen MR) is 145 cm³/mol. The molecule has 1 atom stereocenters. The number of hydrogen-bond donors (Lipinski definition) is 2. The van der Waals surface area contributed by atoms with Crippen LogP contribution in [0.1, 0.15) is 30.5 Å². The van der Waals surface area contributed by atoms with E-state index < -0.39 is 40.3 Å². The zero-order valence-corrected chi connectivity index (χ0v) is 23.0. The molecule has 0 saturated carbocycles. The normalized spacial score (nSPS) is 11.6. The van der Waals surface area contributed by atoms with Crippen molar-refractivity contribution >= 4 is 34.2 Å². The first-order valence-corrected chi connectivity index (χ1v) is 13.7. The van der Waals surface area contributed by atoms with Gasteiger partial charge >= 0.3 is 34.2 Å². The van der Waals surface area contributed by atoms with Gasteiger partial charge in [-0.2, -0.15) is 13.1 Å². The lowest BCUT2D eigenvalue weighted by molar-refractivity contribution is -0.147. The van der Waals surface area contributed by atoms with E-state index in [0.717, 1.165) is 13.8 Å². The third-order valence-electron chi connectivity index (χ3n) is 5.19. The van der Waals surface area contributed by atoms with Crippen LogP contribution < -0.4 is 18.9 Å². The summed E-state index contributed by atoms with van der Waals surface area (Å²) in [5, 5.41) is 0. The van der Waals surface area contributed by atoms with Crippen LogP contribution in [0.15, 0.2) is 78.9 Å². The van der Waals surface area contributed by atoms with Crippen molar-refractivity contribution in [2.45, 2.75) is 39.5 Å². The van der Waals surface area contributed by atoms with Crippen molar-refractivity contribution in [3.63, 3.8) is 0 Å². The number of benzene rings is 3. The van der Waals surface area contributed by atoms with Crippen molar-refractivity contribution in [3.8, 4) is 11.5 Å². The second-order valence-corrected chi connectivity index (χ2v) is 10.1. The number of nitrogens with one attached hydrogen (secondary N) is 2. The Morgan fingerprint density at radius 3 is 1.80 bits per heavy atom. The Morgan fingerprint density at radius 1 is 0.707 bits per heavy atom. The van der Waals surface area contributed by atoms with Gasteiger partial charge in [0.2, 0.25) is 0 Å². The van der Waals surface area contributed by atoms with E-state index in [0.29, 0.717) is 16.7 Å². The summed E-state index contributed by atoms with van der Waals surface area (Å²) in [6.45, 7) is 1.98. The highest BCUT2D eigenvalue weighted by atomic mass is 32.2. The van der Waals surface area contributed by atoms with Crippen LogP contribution in [-0.2, 0) is 53.7 Å². The lowest BCUT2D eigenvalue weighted by Gasteiger charge is -2.19. The highest BCUT2D eigenvalue weighted by Gasteiger charge is 2.28. The molecule has 0 radical (unpaired) electrons. The zero-order valence-electron chi connectivity index (χ0n) is 22.2. The molecule has 0 aliphatic rings. The molecule has 0 saturated heterocycles. The fourth-order valence-electron chi connectivity index (χ4n) is 3.47. The Morgan fingerprint density at radius 2 is 1.24 bits per heavy atom. The van der Waals surface area contributed by atoms with Gasteiger partial charge < -0.3 is 18.9 Å². The number of esters is 3. The first kappa shape index (κ1) is 30.8. The van der Waals surface area contributed by atoms with Crippen molar-refractivity contribution in [3.05, 3.63) is 95.6 Å². The van der Waals surface area contributed by atoms with Crippen molar-refractivity contribution in [2.24, 2.45) is 0 Å². The molecular formula is C28H28N2O10S. The van der Waals surface area contributed by atoms with Crippen LogP contribution in [0.4, 0.5) is 4.79 Å². The molecule has 1 unspecified atom stereocenters. The summed E-state index contributed by atoms with van der Waals surface area (Å²) in [4.78, 5) is 48.2. The fraction of sp³-hybridized carbons (Fsp3) is 0.214. The molecule has 3 aromatic rings. The Labute approximate surface area is 236 Å². The number of carbonyl (C=O) groups is 4. The summed E-state index contributed by atoms with van der Waals surface area (Å²) in [5.74, 6) is -2.48. The average Bonchev–Trinajstić information content (AvgIpc) is 2.92. The summed E-state index contributed by atoms with van der Waals surface area (Å²) >= 11 is 0. The summed E-state index contributed by atoms with van der Waals surface area (Å²) in [6, 6.07) is 19.9. The lowest BCUT2D eigenvalue weighted by Crippen LogP contribution is -2.49. The molecule has 2 N–H and O–H groups in total. The summed E-state index contributed by atoms with van der Waals surface area (Å²) in [5.41, 5.74) is 1.61. The van der Waals surface area contributed by atoms with Crippen LogP contribution >= 0.6 is 0 Å². The van der Waals surface area contributed by atoms with Gasteiger partial charge in [-0.25, -0.2) is 9.52 Å². The quantitative estimate of drug-likeness (QED) is 0.239. The standard InChI is InChI=1S/C28H28N2O10S/c1-19(31)39-25-14-13-23(16-26(25)40-20(2)32)15-24(27(33)37-17-21-9-5-3-6-10-21)29-41(35,36)30-28(34)38-18-22-11-7-4-8-12-22/h3-14,16,24,29H,15,17-18H2,1-2H3,(H,30,34). The molecule has 41 heavy (non-hydrogen) atoms. The highest BCUT2D eigenvalue weighted by molar-refractivity contribution is 7.88. The molecule has 0 aliphatic carbocycles. The Hall–Kier alpha value is -4.75. The number of amides is 1. The first-order valence-electron chi connectivity index (χ1n) is 12.2. The summed E-state index contributed by atoms with van der Waals surface area (Å²) < 4.78 is 49.8. The minimum Gasteiger partial charge on any atom is -0.460 e. The lowest BCUT2D eigenvalue weighted by atomic mass is 10.1. The SMILES string of the molecule is CC(=O)Oc1ccc(CC(NS(=O)(=O)NC(=O)OCc2ccccc2)C(=O)OCc2ccccc2)cc1OC(C)=O. The molecule has 1 amide bonds. The van der Waals surface area contributed by atoms with Gasteiger partial charge in [0.15, 0.2) is 11.5 Å². The molecule has 12 nitrogen and oxygen atoms in total. The molecule has 0 bridgehead atoms. The van der Waals surface area contributed by atoms with Gasteiger partial charge in [0.25, 0.3) is 0 Å². The summed E-state index contributed by atoms with van der Waals surface area (Å²) in [7, 11) is -4.62. The van der Waals surface area contributed by atoms with E-state index in [1.165, 1.54) is 18.2 Å². The van der Waals surface area contributed by atoms with Gasteiger partial charge in [-0.3, -0.25) is 14.4 Å². The number of hydrogen-bond acceptors (Lipinski definition) is 10. The van der Waals surface area contributed by atoms with E-state index in [1.54, 1.807) is 65.4 Å². The molecular weight excluding hydrogens is 556 g/mol. The topological polar surface area (TPSA) is 163 Å². The molecule has 0 fully saturated rings. The average molecular weight is 585 g/mol. The van der Waals surface area contributed by atoms with E-state index in [4.69, 9.17) is 18.9 Å². The zero-order chi connectivity index (χ0) is 29.8. The second-order valence-electron chi connectivity index (χ2n) is 8.60. The van der Waals surface area contributed by atoms with Gasteiger partial charge in [0.1, 0.15) is 19.3 Å². The van der Waals surface area contributed by atoms with Crippen LogP contribution in [-0.4, -0.2) is 38.5 Å². The van der Waals surface area contributed by atoms with Gasteiger partial charge in [-0.1, -0.05) is 66.7 Å². The van der Waals surface area contributed by atoms with E-state index in [-0.39, 0.29) is 31.1 Å². The van der Waals surface area contributed by atoms with Crippen LogP contribution in [0.25, 0.3) is 0 Å². The van der Waals surface area contributed by atoms with E-state index in [2.05, 4.69) is 4.72 Å². The molecule has 0 aliphatic heterocycles. The van der Waals surface area contributed by atoms with E-state index >= 15 is 0 Å². The van der Waals surface area contributed by atoms with Gasteiger partial charge in [0, 0.05) is 13.8 Å². The van der Waals surface area contributed by atoms with Gasteiger partial charge in [0.05, 0.1) is 0 Å². The third kappa shape index (κ3) is 10.7. The molecule has 216 valence electrons. The minimum absolute atomic E-state index is 0.0527. The van der Waals surface area contributed by atoms with Crippen molar-refractivity contribution < 1.29 is 46.5 Å². The first-order chi connectivity index (χ1) is 19.5. The minimum atomic E-state index is -4.62. The Bertz CT molecular complexity index is 1480. The fourth-order valence-corrected chi connectivity index (χ4v) is 4.36. The maximum absolute atomic E-state index is 13.0. The molecule has 13 heteroatoms. The Balaban J connectivity index is 1.78. The maximum atomic E-state index is 13.0. The van der Waals surface area contributed by atoms with E-state index in [1.807, 2.05) is 0 Å². The largest absolute Gasteiger partial charge is 0.460 e. The van der Waals surface area contributed by atoms with Crippen LogP contribution in [0.2, 0.25) is 0 Å². The van der Waals surface area contributed by atoms with Crippen molar-refractivity contribution in [1.29, 1.82) is 0 Å². The van der Waals surface area contributed by atoms with Gasteiger partial charge in [-0.05, 0) is 35.2 Å². The monoisotopic (exact) mass is 584 g/mol. The van der Waals surface area contributed by atoms with Gasteiger partial charge in [-0.15, -0.1) is 0 Å². The Kier molecular flexibility index (Phi) is 11.0. The number of ether oxygens (including phenoxy) is 4. The molecule has 0 aromatic heterocycles. The van der Waals surface area contributed by atoms with Crippen molar-refractivity contribution in [2.75, 3.05) is 0 Å². The van der Waals surface area contributed by atoms with Crippen LogP contribution in [0.3, 0.4) is 0 Å². The molecule has 3 rings (SSSR count). The molecule has 0 spiro atoms. The number of carbonyl (C=O) groups excluding carboxylic acids is 4. The molecule has 3 aromatic carbocycles.